The first kappa shape index (κ1) is 15.4. The minimum Gasteiger partial charge on any atom is -0.489 e. The van der Waals surface area contributed by atoms with Gasteiger partial charge in [0.1, 0.15) is 17.9 Å². The lowest BCUT2D eigenvalue weighted by molar-refractivity contribution is -0.124. The molecule has 5 nitrogen and oxygen atoms in total. The van der Waals surface area contributed by atoms with E-state index in [9.17, 15) is 4.79 Å². The van der Waals surface area contributed by atoms with E-state index < -0.39 is 0 Å². The zero-order valence-electron chi connectivity index (χ0n) is 12.0. The number of rotatable bonds is 6. The van der Waals surface area contributed by atoms with Crippen LogP contribution >= 0.6 is 11.6 Å². The highest BCUT2D eigenvalue weighted by atomic mass is 35.5. The average molecular weight is 308 g/mol. The molecule has 1 aromatic heterocycles. The van der Waals surface area contributed by atoms with Crippen molar-refractivity contribution in [2.45, 2.75) is 26.0 Å². The van der Waals surface area contributed by atoms with Gasteiger partial charge >= 0.3 is 0 Å². The number of benzene rings is 1. The van der Waals surface area contributed by atoms with Gasteiger partial charge in [0.15, 0.2) is 0 Å². The highest BCUT2D eigenvalue weighted by molar-refractivity contribution is 6.30. The van der Waals surface area contributed by atoms with Crippen LogP contribution in [0.15, 0.2) is 43.0 Å². The Morgan fingerprint density at radius 1 is 1.38 bits per heavy atom. The number of aromatic nitrogens is 2. The molecule has 0 fully saturated rings. The molecule has 21 heavy (non-hydrogen) atoms. The second-order valence-electron chi connectivity index (χ2n) is 4.81. The second kappa shape index (κ2) is 7.13. The highest BCUT2D eigenvalue weighted by Crippen LogP contribution is 2.16. The number of nitrogens with zero attached hydrogens (tertiary/aromatic N) is 2. The maximum Gasteiger partial charge on any atom is 0.242 e. The third-order valence-electron chi connectivity index (χ3n) is 3.07. The van der Waals surface area contributed by atoms with E-state index in [1.165, 1.54) is 0 Å². The first-order valence-electron chi connectivity index (χ1n) is 6.73. The van der Waals surface area contributed by atoms with Gasteiger partial charge in [-0.05, 0) is 38.1 Å². The van der Waals surface area contributed by atoms with Crippen molar-refractivity contribution in [3.05, 3.63) is 48.0 Å². The largest absolute Gasteiger partial charge is 0.489 e. The number of halogens is 1. The Hall–Kier alpha value is -2.01. The van der Waals surface area contributed by atoms with Crippen molar-refractivity contribution in [1.29, 1.82) is 0 Å². The molecule has 1 N–H and O–H groups in total. The normalized spacial score (nSPS) is 13.5. The fourth-order valence-corrected chi connectivity index (χ4v) is 1.94. The molecule has 1 amide bonds. The van der Waals surface area contributed by atoms with Gasteiger partial charge in [-0.25, -0.2) is 4.98 Å². The van der Waals surface area contributed by atoms with Crippen molar-refractivity contribution >= 4 is 17.5 Å². The number of carbonyl (C=O) groups is 1. The molecule has 0 bridgehead atoms. The van der Waals surface area contributed by atoms with Gasteiger partial charge in [0.05, 0.1) is 12.9 Å². The quantitative estimate of drug-likeness (QED) is 0.892. The monoisotopic (exact) mass is 307 g/mol. The van der Waals surface area contributed by atoms with Crippen molar-refractivity contribution < 1.29 is 9.53 Å². The Bertz CT molecular complexity index is 569. The Labute approximate surface area is 128 Å². The molecule has 2 aromatic rings. The summed E-state index contributed by atoms with van der Waals surface area (Å²) in [5.41, 5.74) is 0. The molecule has 2 atom stereocenters. The van der Waals surface area contributed by atoms with E-state index in [-0.39, 0.29) is 18.1 Å². The number of ether oxygens (including phenoxy) is 1. The van der Waals surface area contributed by atoms with Gasteiger partial charge in [-0.2, -0.15) is 0 Å². The average Bonchev–Trinajstić information content (AvgIpc) is 3.00. The molecule has 6 heteroatoms. The summed E-state index contributed by atoms with van der Waals surface area (Å²) < 4.78 is 7.45. The van der Waals surface area contributed by atoms with Crippen molar-refractivity contribution in [2.24, 2.45) is 0 Å². The summed E-state index contributed by atoms with van der Waals surface area (Å²) in [5.74, 6) is 0.656. The third kappa shape index (κ3) is 4.49. The summed E-state index contributed by atoms with van der Waals surface area (Å²) in [7, 11) is 0. The lowest BCUT2D eigenvalue weighted by Crippen LogP contribution is -2.37. The van der Waals surface area contributed by atoms with Crippen LogP contribution in [0.2, 0.25) is 5.02 Å². The lowest BCUT2D eigenvalue weighted by Gasteiger charge is -2.18. The van der Waals surface area contributed by atoms with E-state index in [1.807, 2.05) is 13.8 Å². The SMILES string of the molecule is C[C@H](CNC(=O)[C@@H](C)n1ccnc1)Oc1ccc(Cl)cc1. The summed E-state index contributed by atoms with van der Waals surface area (Å²) in [6, 6.07) is 6.84. The summed E-state index contributed by atoms with van der Waals surface area (Å²) in [5, 5.41) is 3.53. The van der Waals surface area contributed by atoms with Crippen LogP contribution in [0.3, 0.4) is 0 Å². The van der Waals surface area contributed by atoms with Crippen LogP contribution in [-0.4, -0.2) is 28.1 Å². The number of hydrogen-bond acceptors (Lipinski definition) is 3. The fourth-order valence-electron chi connectivity index (χ4n) is 1.81. The highest BCUT2D eigenvalue weighted by Gasteiger charge is 2.15. The van der Waals surface area contributed by atoms with E-state index in [4.69, 9.17) is 16.3 Å². The molecule has 0 aliphatic heterocycles. The van der Waals surface area contributed by atoms with Crippen LogP contribution in [-0.2, 0) is 4.79 Å². The minimum atomic E-state index is -0.296. The standard InChI is InChI=1S/C15H18ClN3O2/c1-11(21-14-5-3-13(16)4-6-14)9-18-15(20)12(2)19-8-7-17-10-19/h3-8,10-12H,9H2,1-2H3,(H,18,20)/t11-,12-/m1/s1. The number of nitrogens with one attached hydrogen (secondary N) is 1. The van der Waals surface area contributed by atoms with Crippen LogP contribution < -0.4 is 10.1 Å². The maximum absolute atomic E-state index is 12.0. The summed E-state index contributed by atoms with van der Waals surface area (Å²) in [6.07, 6.45) is 4.90. The minimum absolute atomic E-state index is 0.0699. The molecule has 0 radical (unpaired) electrons. The molecule has 0 aliphatic rings. The van der Waals surface area contributed by atoms with Crippen molar-refractivity contribution in [2.75, 3.05) is 6.54 Å². The molecule has 1 heterocycles. The molecule has 1 aromatic carbocycles. The van der Waals surface area contributed by atoms with Crippen molar-refractivity contribution in [1.82, 2.24) is 14.9 Å². The number of amides is 1. The molecule has 0 unspecified atom stereocenters. The van der Waals surface area contributed by atoms with Gasteiger partial charge in [0, 0.05) is 17.4 Å². The van der Waals surface area contributed by atoms with E-state index in [0.29, 0.717) is 11.6 Å². The summed E-state index contributed by atoms with van der Waals surface area (Å²) in [6.45, 7) is 4.15. The maximum atomic E-state index is 12.0. The molecule has 0 aliphatic carbocycles. The predicted octanol–water partition coefficient (Wildman–Crippen LogP) is 2.68. The fraction of sp³-hybridized carbons (Fsp3) is 0.333. The van der Waals surface area contributed by atoms with Crippen molar-refractivity contribution in [3.8, 4) is 5.75 Å². The predicted molar refractivity (Wildman–Crippen MR) is 81.5 cm³/mol. The second-order valence-corrected chi connectivity index (χ2v) is 5.25. The Morgan fingerprint density at radius 3 is 2.71 bits per heavy atom. The van der Waals surface area contributed by atoms with E-state index in [1.54, 1.807) is 47.6 Å². The van der Waals surface area contributed by atoms with Gasteiger partial charge < -0.3 is 14.6 Å². The lowest BCUT2D eigenvalue weighted by atomic mass is 10.3. The third-order valence-corrected chi connectivity index (χ3v) is 3.32. The van der Waals surface area contributed by atoms with Crippen LogP contribution in [0.5, 0.6) is 5.75 Å². The molecule has 2 rings (SSSR count). The zero-order chi connectivity index (χ0) is 15.2. The van der Waals surface area contributed by atoms with Gasteiger partial charge in [-0.3, -0.25) is 4.79 Å². The molecule has 0 saturated carbocycles. The zero-order valence-corrected chi connectivity index (χ0v) is 12.7. The van der Waals surface area contributed by atoms with Crippen LogP contribution in [0.25, 0.3) is 0 Å². The Kier molecular flexibility index (Phi) is 5.22. The number of hydrogen-bond donors (Lipinski definition) is 1. The molecular weight excluding hydrogens is 290 g/mol. The van der Waals surface area contributed by atoms with Gasteiger partial charge in [-0.1, -0.05) is 11.6 Å². The topological polar surface area (TPSA) is 56.2 Å². The van der Waals surface area contributed by atoms with Gasteiger partial charge in [0.25, 0.3) is 0 Å². The number of carbonyl (C=O) groups excluding carboxylic acids is 1. The smallest absolute Gasteiger partial charge is 0.242 e. The van der Waals surface area contributed by atoms with Gasteiger partial charge in [-0.15, -0.1) is 0 Å². The molecule has 0 spiro atoms. The van der Waals surface area contributed by atoms with Crippen LogP contribution in [0, 0.1) is 0 Å². The summed E-state index contributed by atoms with van der Waals surface area (Å²) >= 11 is 5.81. The van der Waals surface area contributed by atoms with E-state index in [2.05, 4.69) is 10.3 Å². The summed E-state index contributed by atoms with van der Waals surface area (Å²) in [4.78, 5) is 15.9. The Balaban J connectivity index is 1.79. The van der Waals surface area contributed by atoms with E-state index in [0.717, 1.165) is 5.75 Å². The molecule has 112 valence electrons. The first-order valence-corrected chi connectivity index (χ1v) is 7.11. The van der Waals surface area contributed by atoms with Crippen molar-refractivity contribution in [3.63, 3.8) is 0 Å². The number of imidazole rings is 1. The van der Waals surface area contributed by atoms with E-state index >= 15 is 0 Å². The first-order chi connectivity index (χ1) is 10.1. The van der Waals surface area contributed by atoms with Gasteiger partial charge in [0.2, 0.25) is 5.91 Å². The van der Waals surface area contributed by atoms with Crippen LogP contribution in [0.4, 0.5) is 0 Å². The Morgan fingerprint density at radius 2 is 2.10 bits per heavy atom. The van der Waals surface area contributed by atoms with Crippen LogP contribution in [0.1, 0.15) is 19.9 Å². The molecular formula is C15H18ClN3O2. The molecule has 0 saturated heterocycles.